The van der Waals surface area contributed by atoms with Gasteiger partial charge in [0, 0.05) is 5.56 Å². The zero-order valence-electron chi connectivity index (χ0n) is 12.1. The third kappa shape index (κ3) is 3.46. The second-order valence-corrected chi connectivity index (χ2v) is 5.24. The summed E-state index contributed by atoms with van der Waals surface area (Å²) in [6.45, 7) is 0.524. The molecule has 3 rings (SSSR count). The highest BCUT2D eigenvalue weighted by atomic mass is 35.5. The van der Waals surface area contributed by atoms with E-state index < -0.39 is 5.97 Å². The third-order valence-electron chi connectivity index (χ3n) is 3.29. The maximum atomic E-state index is 12.0. The number of ketones is 1. The van der Waals surface area contributed by atoms with E-state index in [0.29, 0.717) is 40.9 Å². The number of esters is 1. The van der Waals surface area contributed by atoms with Crippen LogP contribution in [0.4, 0.5) is 0 Å². The Morgan fingerprint density at radius 3 is 2.57 bits per heavy atom. The Morgan fingerprint density at radius 2 is 1.78 bits per heavy atom. The Balaban J connectivity index is 1.66. The molecule has 0 aliphatic carbocycles. The number of carbonyl (C=O) groups is 2. The van der Waals surface area contributed by atoms with Crippen LogP contribution in [0.2, 0.25) is 5.02 Å². The summed E-state index contributed by atoms with van der Waals surface area (Å²) in [6, 6.07) is 11.4. The average molecular weight is 333 g/mol. The van der Waals surface area contributed by atoms with Crippen LogP contribution >= 0.6 is 11.6 Å². The molecule has 5 nitrogen and oxygen atoms in total. The van der Waals surface area contributed by atoms with E-state index in [4.69, 9.17) is 25.8 Å². The van der Waals surface area contributed by atoms with Crippen molar-refractivity contribution in [1.82, 2.24) is 0 Å². The van der Waals surface area contributed by atoms with E-state index in [-0.39, 0.29) is 12.4 Å². The van der Waals surface area contributed by atoms with Crippen LogP contribution in [0.25, 0.3) is 0 Å². The number of halogens is 1. The molecule has 0 radical (unpaired) electrons. The second kappa shape index (κ2) is 6.71. The van der Waals surface area contributed by atoms with Crippen LogP contribution in [-0.4, -0.2) is 31.6 Å². The van der Waals surface area contributed by atoms with Gasteiger partial charge in [-0.2, -0.15) is 0 Å². The van der Waals surface area contributed by atoms with Crippen molar-refractivity contribution in [3.63, 3.8) is 0 Å². The van der Waals surface area contributed by atoms with Crippen LogP contribution < -0.4 is 9.47 Å². The molecule has 0 fully saturated rings. The molecule has 0 saturated carbocycles. The van der Waals surface area contributed by atoms with Crippen molar-refractivity contribution in [1.29, 1.82) is 0 Å². The van der Waals surface area contributed by atoms with Crippen molar-refractivity contribution < 1.29 is 23.8 Å². The lowest BCUT2D eigenvalue weighted by Crippen LogP contribution is -2.17. The number of ether oxygens (including phenoxy) is 3. The number of hydrogen-bond acceptors (Lipinski definition) is 5. The summed E-state index contributed by atoms with van der Waals surface area (Å²) >= 11 is 5.94. The van der Waals surface area contributed by atoms with E-state index in [1.54, 1.807) is 36.4 Å². The van der Waals surface area contributed by atoms with Gasteiger partial charge in [0.25, 0.3) is 0 Å². The van der Waals surface area contributed by atoms with Crippen LogP contribution in [-0.2, 0) is 4.74 Å². The van der Waals surface area contributed by atoms with Crippen LogP contribution in [0.3, 0.4) is 0 Å². The fourth-order valence-corrected chi connectivity index (χ4v) is 2.39. The third-order valence-corrected chi connectivity index (χ3v) is 3.62. The molecule has 0 bridgehead atoms. The molecule has 1 aliphatic heterocycles. The first-order valence-electron chi connectivity index (χ1n) is 6.99. The van der Waals surface area contributed by atoms with Crippen LogP contribution in [0.1, 0.15) is 20.7 Å². The molecule has 23 heavy (non-hydrogen) atoms. The number of Topliss-reactive ketones (excluding diaryl/α,β-unsaturated/α-hetero) is 1. The van der Waals surface area contributed by atoms with Crippen molar-refractivity contribution in [2.45, 2.75) is 0 Å². The minimum Gasteiger partial charge on any atom is -0.486 e. The minimum atomic E-state index is -0.609. The van der Waals surface area contributed by atoms with Gasteiger partial charge in [-0.3, -0.25) is 4.79 Å². The van der Waals surface area contributed by atoms with Crippen molar-refractivity contribution >= 4 is 23.4 Å². The molecule has 0 saturated heterocycles. The Labute approximate surface area is 137 Å². The number of hydrogen-bond donors (Lipinski definition) is 0. The van der Waals surface area contributed by atoms with Gasteiger partial charge in [-0.05, 0) is 30.3 Å². The van der Waals surface area contributed by atoms with E-state index in [2.05, 4.69) is 0 Å². The molecule has 0 N–H and O–H groups in total. The molecule has 6 heteroatoms. The summed E-state index contributed by atoms with van der Waals surface area (Å²) in [5, 5.41) is 0.327. The van der Waals surface area contributed by atoms with Gasteiger partial charge >= 0.3 is 5.97 Å². The maximum Gasteiger partial charge on any atom is 0.338 e. The predicted octanol–water partition coefficient (Wildman–Crippen LogP) is 3.15. The number of fused-ring (bicyclic) bond motifs is 1. The Kier molecular flexibility index (Phi) is 4.48. The fourth-order valence-electron chi connectivity index (χ4n) is 2.15. The molecule has 0 atom stereocenters. The standard InChI is InChI=1S/C17H13ClO5/c18-13-4-2-1-3-12(13)14(19)10-23-17(20)11-5-6-15-16(9-11)22-8-7-21-15/h1-6,9H,7-8,10H2. The molecular formula is C17H13ClO5. The van der Waals surface area contributed by atoms with Crippen molar-refractivity contribution in [3.8, 4) is 11.5 Å². The summed E-state index contributed by atoms with van der Waals surface area (Å²) < 4.78 is 15.8. The fraction of sp³-hybridized carbons (Fsp3) is 0.176. The predicted molar refractivity (Wildman–Crippen MR) is 83.5 cm³/mol. The van der Waals surface area contributed by atoms with Crippen molar-refractivity contribution in [3.05, 3.63) is 58.6 Å². The Morgan fingerprint density at radius 1 is 1.04 bits per heavy atom. The molecule has 1 heterocycles. The van der Waals surface area contributed by atoms with E-state index in [0.717, 1.165) is 0 Å². The second-order valence-electron chi connectivity index (χ2n) is 4.84. The highest BCUT2D eigenvalue weighted by Crippen LogP contribution is 2.30. The first-order chi connectivity index (χ1) is 11.1. The molecule has 2 aromatic carbocycles. The lowest BCUT2D eigenvalue weighted by Gasteiger charge is -2.18. The van der Waals surface area contributed by atoms with Crippen LogP contribution in [0.5, 0.6) is 11.5 Å². The average Bonchev–Trinajstić information content (AvgIpc) is 2.59. The molecular weight excluding hydrogens is 320 g/mol. The van der Waals surface area contributed by atoms with Gasteiger partial charge in [0.2, 0.25) is 5.78 Å². The minimum absolute atomic E-state index is 0.293. The quantitative estimate of drug-likeness (QED) is 0.635. The lowest BCUT2D eigenvalue weighted by atomic mass is 10.1. The molecule has 0 aromatic heterocycles. The Hall–Kier alpha value is -2.53. The summed E-state index contributed by atoms with van der Waals surface area (Å²) in [5.74, 6) is 0.104. The zero-order chi connectivity index (χ0) is 16.2. The van der Waals surface area contributed by atoms with Gasteiger partial charge in [-0.15, -0.1) is 0 Å². The van der Waals surface area contributed by atoms with E-state index >= 15 is 0 Å². The van der Waals surface area contributed by atoms with E-state index in [1.165, 1.54) is 6.07 Å². The van der Waals surface area contributed by atoms with Crippen LogP contribution in [0, 0.1) is 0 Å². The molecule has 0 amide bonds. The van der Waals surface area contributed by atoms with Crippen molar-refractivity contribution in [2.75, 3.05) is 19.8 Å². The lowest BCUT2D eigenvalue weighted by molar-refractivity contribution is 0.0474. The summed E-state index contributed by atoms with van der Waals surface area (Å²) in [4.78, 5) is 24.1. The van der Waals surface area contributed by atoms with E-state index in [1.807, 2.05) is 0 Å². The number of rotatable bonds is 4. The topological polar surface area (TPSA) is 61.8 Å². The summed E-state index contributed by atoms with van der Waals surface area (Å²) in [7, 11) is 0. The SMILES string of the molecule is O=C(OCC(=O)c1ccccc1Cl)c1ccc2c(c1)OCCO2. The number of benzene rings is 2. The van der Waals surface area contributed by atoms with E-state index in [9.17, 15) is 9.59 Å². The molecule has 0 unspecified atom stereocenters. The maximum absolute atomic E-state index is 12.0. The first-order valence-corrected chi connectivity index (χ1v) is 7.37. The largest absolute Gasteiger partial charge is 0.486 e. The van der Waals surface area contributed by atoms with Gasteiger partial charge in [0.15, 0.2) is 18.1 Å². The normalized spacial score (nSPS) is 12.6. The van der Waals surface area contributed by atoms with Crippen molar-refractivity contribution in [2.24, 2.45) is 0 Å². The van der Waals surface area contributed by atoms with Gasteiger partial charge in [-0.1, -0.05) is 23.7 Å². The monoisotopic (exact) mass is 332 g/mol. The molecule has 0 spiro atoms. The molecule has 2 aromatic rings. The Bertz CT molecular complexity index is 756. The molecule has 1 aliphatic rings. The van der Waals surface area contributed by atoms with Gasteiger partial charge < -0.3 is 14.2 Å². The highest BCUT2D eigenvalue weighted by Gasteiger charge is 2.17. The first kappa shape index (κ1) is 15.4. The highest BCUT2D eigenvalue weighted by molar-refractivity contribution is 6.34. The number of carbonyl (C=O) groups excluding carboxylic acids is 2. The molecule has 118 valence electrons. The summed E-state index contributed by atoms with van der Waals surface area (Å²) in [6.07, 6.45) is 0. The summed E-state index contributed by atoms with van der Waals surface area (Å²) in [5.41, 5.74) is 0.616. The van der Waals surface area contributed by atoms with Crippen LogP contribution in [0.15, 0.2) is 42.5 Å². The zero-order valence-corrected chi connectivity index (χ0v) is 12.8. The van der Waals surface area contributed by atoms with Gasteiger partial charge in [0.05, 0.1) is 10.6 Å². The smallest absolute Gasteiger partial charge is 0.338 e. The van der Waals surface area contributed by atoms with Gasteiger partial charge in [0.1, 0.15) is 13.2 Å². The van der Waals surface area contributed by atoms with Gasteiger partial charge in [-0.25, -0.2) is 4.79 Å².